The zero-order valence-electron chi connectivity index (χ0n) is 19.2. The summed E-state index contributed by atoms with van der Waals surface area (Å²) in [6.45, 7) is 3.31. The fraction of sp³-hybridized carbons (Fsp3) is 0.423. The van der Waals surface area contributed by atoms with Gasteiger partial charge < -0.3 is 15.6 Å². The Kier molecular flexibility index (Phi) is 8.22. The molecule has 1 aliphatic carbocycles. The van der Waals surface area contributed by atoms with Crippen LogP contribution in [-0.4, -0.2) is 41.6 Å². The minimum atomic E-state index is -1.44. The summed E-state index contributed by atoms with van der Waals surface area (Å²) in [5.41, 5.74) is 9.63. The Balaban J connectivity index is 2.03. The molecule has 2 aromatic carbocycles. The number of aliphatic carboxylic acids is 1. The van der Waals surface area contributed by atoms with Gasteiger partial charge in [-0.2, -0.15) is 0 Å². The van der Waals surface area contributed by atoms with Crippen molar-refractivity contribution in [1.82, 2.24) is 0 Å². The molecular weight excluding hydrogens is 420 g/mol. The highest BCUT2D eigenvalue weighted by molar-refractivity contribution is 6.03. The van der Waals surface area contributed by atoms with Gasteiger partial charge in [0.25, 0.3) is 0 Å². The van der Waals surface area contributed by atoms with Gasteiger partial charge >= 0.3 is 11.9 Å². The second-order valence-corrected chi connectivity index (χ2v) is 8.47. The van der Waals surface area contributed by atoms with Crippen molar-refractivity contribution in [1.29, 1.82) is 0 Å². The molecule has 1 unspecified atom stereocenters. The molecule has 0 heterocycles. The van der Waals surface area contributed by atoms with E-state index >= 15 is 0 Å². The van der Waals surface area contributed by atoms with Gasteiger partial charge in [-0.25, -0.2) is 4.79 Å². The second kappa shape index (κ2) is 11.1. The van der Waals surface area contributed by atoms with Gasteiger partial charge in [0, 0.05) is 5.69 Å². The van der Waals surface area contributed by atoms with Crippen molar-refractivity contribution in [3.05, 3.63) is 65.2 Å². The number of aryl methyl sites for hydroxylation is 3. The number of hydrogen-bond donors (Lipinski definition) is 2. The van der Waals surface area contributed by atoms with Crippen LogP contribution in [0.4, 0.5) is 5.69 Å². The molecular formula is C26H32N2O5. The van der Waals surface area contributed by atoms with E-state index in [9.17, 15) is 19.5 Å². The third-order valence-electron chi connectivity index (χ3n) is 6.08. The van der Waals surface area contributed by atoms with Crippen molar-refractivity contribution in [2.24, 2.45) is 11.7 Å². The normalized spacial score (nSPS) is 15.2. The van der Waals surface area contributed by atoms with E-state index in [1.165, 1.54) is 17.4 Å². The van der Waals surface area contributed by atoms with Crippen LogP contribution in [0.3, 0.4) is 0 Å². The van der Waals surface area contributed by atoms with E-state index in [1.54, 1.807) is 13.0 Å². The van der Waals surface area contributed by atoms with Crippen LogP contribution in [0.5, 0.6) is 0 Å². The third-order valence-corrected chi connectivity index (χ3v) is 6.08. The van der Waals surface area contributed by atoms with E-state index in [4.69, 9.17) is 10.5 Å². The predicted octanol–water partition coefficient (Wildman–Crippen LogP) is 3.12. The van der Waals surface area contributed by atoms with Crippen LogP contribution in [0.15, 0.2) is 48.5 Å². The number of hydrogen-bond acceptors (Lipinski definition) is 5. The number of amides is 1. The Bertz CT molecular complexity index is 989. The number of carbonyl (C=O) groups is 3. The van der Waals surface area contributed by atoms with Gasteiger partial charge in [0.2, 0.25) is 5.91 Å². The molecule has 0 saturated carbocycles. The van der Waals surface area contributed by atoms with E-state index in [0.29, 0.717) is 12.1 Å². The second-order valence-electron chi connectivity index (χ2n) is 8.47. The Morgan fingerprint density at radius 2 is 1.79 bits per heavy atom. The number of benzene rings is 2. The number of anilines is 1. The van der Waals surface area contributed by atoms with Crippen LogP contribution in [0.25, 0.3) is 0 Å². The molecule has 0 bridgehead atoms. The molecule has 2 aromatic rings. The van der Waals surface area contributed by atoms with Crippen molar-refractivity contribution >= 4 is 23.5 Å². The third kappa shape index (κ3) is 5.79. The topological polar surface area (TPSA) is 110 Å². The average Bonchev–Trinajstić information content (AvgIpc) is 3.26. The number of nitrogens with two attached hydrogens (primary N) is 1. The molecule has 0 aromatic heterocycles. The number of carboxylic acid groups (broad SMARTS) is 1. The largest absolute Gasteiger partial charge is 0.480 e. The van der Waals surface area contributed by atoms with Crippen molar-refractivity contribution < 1.29 is 24.2 Å². The number of ether oxygens (including phenoxy) is 1. The molecule has 3 atom stereocenters. The molecule has 0 radical (unpaired) electrons. The highest BCUT2D eigenvalue weighted by atomic mass is 16.5. The molecule has 1 amide bonds. The lowest BCUT2D eigenvalue weighted by Gasteiger charge is -2.34. The average molecular weight is 453 g/mol. The minimum absolute atomic E-state index is 0.118. The van der Waals surface area contributed by atoms with Crippen LogP contribution in [0, 0.1) is 5.92 Å². The van der Waals surface area contributed by atoms with E-state index < -0.39 is 35.8 Å². The van der Waals surface area contributed by atoms with Gasteiger partial charge in [0.15, 0.2) is 0 Å². The molecule has 0 aliphatic heterocycles. The van der Waals surface area contributed by atoms with Crippen molar-refractivity contribution in [3.63, 3.8) is 0 Å². The fourth-order valence-electron chi connectivity index (χ4n) is 4.44. The standard InChI is InChI=1S/C26H32N2O5/c1-3-33-26(32)22(15-12-18-8-5-4-6-9-18)23(25(30)31)28(24(29)17(2)27)21-14-13-19-10-7-11-20(19)16-21/h4-6,8-9,13-14,16-17,22-23H,3,7,10-12,15,27H2,1-2H3,(H,30,31)/t17-,22-,23?/m0/s1. The summed E-state index contributed by atoms with van der Waals surface area (Å²) in [4.78, 5) is 40.0. The first-order valence-corrected chi connectivity index (χ1v) is 11.5. The number of carbonyl (C=O) groups excluding carboxylic acids is 2. The molecule has 1 aliphatic rings. The Labute approximate surface area is 194 Å². The number of esters is 1. The first kappa shape index (κ1) is 24.5. The van der Waals surface area contributed by atoms with Gasteiger partial charge in [-0.05, 0) is 74.8 Å². The molecule has 7 nitrogen and oxygen atoms in total. The van der Waals surface area contributed by atoms with E-state index in [-0.39, 0.29) is 13.0 Å². The summed E-state index contributed by atoms with van der Waals surface area (Å²) in [7, 11) is 0. The zero-order valence-corrected chi connectivity index (χ0v) is 19.2. The maximum Gasteiger partial charge on any atom is 0.327 e. The maximum atomic E-state index is 13.2. The lowest BCUT2D eigenvalue weighted by molar-refractivity contribution is -0.155. The van der Waals surface area contributed by atoms with Crippen molar-refractivity contribution in [2.75, 3.05) is 11.5 Å². The Hall–Kier alpha value is -3.19. The lowest BCUT2D eigenvalue weighted by Crippen LogP contribution is -2.56. The molecule has 3 rings (SSSR count). The van der Waals surface area contributed by atoms with Crippen LogP contribution in [0.2, 0.25) is 0 Å². The Morgan fingerprint density at radius 1 is 1.09 bits per heavy atom. The lowest BCUT2D eigenvalue weighted by atomic mass is 9.90. The van der Waals surface area contributed by atoms with Crippen molar-refractivity contribution in [3.8, 4) is 0 Å². The van der Waals surface area contributed by atoms with E-state index in [0.717, 1.165) is 30.4 Å². The van der Waals surface area contributed by atoms with Gasteiger partial charge in [0.05, 0.1) is 18.6 Å². The van der Waals surface area contributed by atoms with Crippen LogP contribution in [-0.2, 0) is 38.4 Å². The van der Waals surface area contributed by atoms with Gasteiger partial charge in [-0.3, -0.25) is 14.5 Å². The highest BCUT2D eigenvalue weighted by Gasteiger charge is 2.42. The van der Waals surface area contributed by atoms with Gasteiger partial charge in [0.1, 0.15) is 6.04 Å². The van der Waals surface area contributed by atoms with Crippen LogP contribution in [0.1, 0.15) is 43.4 Å². The number of nitrogens with zero attached hydrogens (tertiary/aromatic N) is 1. The molecule has 0 saturated heterocycles. The van der Waals surface area contributed by atoms with E-state index in [1.807, 2.05) is 42.5 Å². The molecule has 33 heavy (non-hydrogen) atoms. The van der Waals surface area contributed by atoms with Gasteiger partial charge in [-0.1, -0.05) is 36.4 Å². The number of carboxylic acids is 1. The minimum Gasteiger partial charge on any atom is -0.480 e. The molecule has 7 heteroatoms. The first-order valence-electron chi connectivity index (χ1n) is 11.5. The van der Waals surface area contributed by atoms with Crippen molar-refractivity contribution in [2.45, 2.75) is 58.0 Å². The molecule has 3 N–H and O–H groups in total. The predicted molar refractivity (Wildman–Crippen MR) is 126 cm³/mol. The number of rotatable bonds is 10. The quantitative estimate of drug-likeness (QED) is 0.536. The monoisotopic (exact) mass is 452 g/mol. The molecule has 0 fully saturated rings. The summed E-state index contributed by atoms with van der Waals surface area (Å²) in [5, 5.41) is 10.3. The zero-order chi connectivity index (χ0) is 24.0. The maximum absolute atomic E-state index is 13.2. The summed E-state index contributed by atoms with van der Waals surface area (Å²) in [6.07, 6.45) is 3.54. The summed E-state index contributed by atoms with van der Waals surface area (Å²) in [6, 6.07) is 12.7. The van der Waals surface area contributed by atoms with E-state index in [2.05, 4.69) is 0 Å². The molecule has 176 valence electrons. The summed E-state index contributed by atoms with van der Waals surface area (Å²) in [5.74, 6) is -3.51. The summed E-state index contributed by atoms with van der Waals surface area (Å²) < 4.78 is 5.25. The van der Waals surface area contributed by atoms with Gasteiger partial charge in [-0.15, -0.1) is 0 Å². The summed E-state index contributed by atoms with van der Waals surface area (Å²) >= 11 is 0. The number of fused-ring (bicyclic) bond motifs is 1. The highest BCUT2D eigenvalue weighted by Crippen LogP contribution is 2.31. The van der Waals surface area contributed by atoms with Crippen LogP contribution < -0.4 is 10.6 Å². The first-order chi connectivity index (χ1) is 15.8. The fourth-order valence-corrected chi connectivity index (χ4v) is 4.44. The smallest absolute Gasteiger partial charge is 0.327 e. The molecule has 0 spiro atoms. The SMILES string of the molecule is CCOC(=O)[C@@H](CCc1ccccc1)C(C(=O)O)N(C(=O)[C@H](C)N)c1ccc2c(c1)CCC2. The Morgan fingerprint density at radius 3 is 2.42 bits per heavy atom. The van der Waals surface area contributed by atoms with Crippen LogP contribution >= 0.6 is 0 Å².